The molecule has 1 N–H and O–H groups in total. The first-order chi connectivity index (χ1) is 12.3. The van der Waals surface area contributed by atoms with Gasteiger partial charge in [0, 0.05) is 13.1 Å². The summed E-state index contributed by atoms with van der Waals surface area (Å²) in [5.41, 5.74) is 0.127. The van der Waals surface area contributed by atoms with Gasteiger partial charge in [-0.15, -0.1) is 0 Å². The SMILES string of the molecule is CCCOc1ccccc1NC(=O)C1CCCN(C(=O)OC(C)(C)C)C1. The van der Waals surface area contributed by atoms with E-state index in [4.69, 9.17) is 9.47 Å². The van der Waals surface area contributed by atoms with E-state index in [0.717, 1.165) is 19.3 Å². The molecular formula is C20H30N2O4. The minimum absolute atomic E-state index is 0.0918. The van der Waals surface area contributed by atoms with Crippen molar-refractivity contribution in [3.63, 3.8) is 0 Å². The molecule has 0 radical (unpaired) electrons. The number of nitrogens with one attached hydrogen (secondary N) is 1. The van der Waals surface area contributed by atoms with Gasteiger partial charge >= 0.3 is 6.09 Å². The van der Waals surface area contributed by atoms with Gasteiger partial charge in [-0.3, -0.25) is 4.79 Å². The quantitative estimate of drug-likeness (QED) is 0.858. The normalized spacial score (nSPS) is 17.5. The number of hydrogen-bond acceptors (Lipinski definition) is 4. The second-order valence-electron chi connectivity index (χ2n) is 7.60. The number of benzene rings is 1. The van der Waals surface area contributed by atoms with Gasteiger partial charge < -0.3 is 19.7 Å². The van der Waals surface area contributed by atoms with Gasteiger partial charge in [0.2, 0.25) is 5.91 Å². The molecule has 1 heterocycles. The van der Waals surface area contributed by atoms with E-state index < -0.39 is 5.60 Å². The van der Waals surface area contributed by atoms with E-state index in [9.17, 15) is 9.59 Å². The number of para-hydroxylation sites is 2. The summed E-state index contributed by atoms with van der Waals surface area (Å²) in [5, 5.41) is 2.95. The zero-order chi connectivity index (χ0) is 19.2. The molecule has 1 aromatic carbocycles. The van der Waals surface area contributed by atoms with Crippen molar-refractivity contribution < 1.29 is 19.1 Å². The molecule has 1 aliphatic heterocycles. The van der Waals surface area contributed by atoms with Crippen LogP contribution in [0, 0.1) is 5.92 Å². The lowest BCUT2D eigenvalue weighted by atomic mass is 9.97. The minimum Gasteiger partial charge on any atom is -0.491 e. The average molecular weight is 362 g/mol. The van der Waals surface area contributed by atoms with Crippen LogP contribution in [0.2, 0.25) is 0 Å². The number of hydrogen-bond donors (Lipinski definition) is 1. The molecule has 0 aliphatic carbocycles. The van der Waals surface area contributed by atoms with Crippen LogP contribution < -0.4 is 10.1 Å². The highest BCUT2D eigenvalue weighted by Crippen LogP contribution is 2.26. The molecule has 1 aliphatic rings. The van der Waals surface area contributed by atoms with Crippen molar-refractivity contribution in [1.29, 1.82) is 0 Å². The van der Waals surface area contributed by atoms with Crippen LogP contribution in [-0.2, 0) is 9.53 Å². The van der Waals surface area contributed by atoms with E-state index in [1.807, 2.05) is 52.0 Å². The topological polar surface area (TPSA) is 67.9 Å². The predicted octanol–water partition coefficient (Wildman–Crippen LogP) is 4.06. The maximum absolute atomic E-state index is 12.7. The van der Waals surface area contributed by atoms with Gasteiger partial charge in [0.15, 0.2) is 0 Å². The number of carbonyl (C=O) groups excluding carboxylic acids is 2. The first-order valence-electron chi connectivity index (χ1n) is 9.30. The zero-order valence-corrected chi connectivity index (χ0v) is 16.2. The van der Waals surface area contributed by atoms with Crippen LogP contribution in [0.1, 0.15) is 47.0 Å². The Labute approximate surface area is 155 Å². The molecule has 6 heteroatoms. The van der Waals surface area contributed by atoms with E-state index in [1.54, 1.807) is 4.90 Å². The van der Waals surface area contributed by atoms with E-state index >= 15 is 0 Å². The van der Waals surface area contributed by atoms with Gasteiger partial charge in [0.25, 0.3) is 0 Å². The summed E-state index contributed by atoms with van der Waals surface area (Å²) >= 11 is 0. The molecular weight excluding hydrogens is 332 g/mol. The lowest BCUT2D eigenvalue weighted by molar-refractivity contribution is -0.121. The third kappa shape index (κ3) is 5.93. The Morgan fingerprint density at radius 3 is 2.69 bits per heavy atom. The molecule has 2 rings (SSSR count). The molecule has 1 aromatic rings. The number of ether oxygens (including phenoxy) is 2. The Morgan fingerprint density at radius 2 is 2.00 bits per heavy atom. The van der Waals surface area contributed by atoms with Crippen LogP contribution in [-0.4, -0.2) is 42.2 Å². The van der Waals surface area contributed by atoms with E-state index in [2.05, 4.69) is 5.32 Å². The summed E-state index contributed by atoms with van der Waals surface area (Å²) in [4.78, 5) is 26.6. The molecule has 144 valence electrons. The molecule has 1 saturated heterocycles. The van der Waals surface area contributed by atoms with Crippen molar-refractivity contribution in [2.24, 2.45) is 5.92 Å². The zero-order valence-electron chi connectivity index (χ0n) is 16.2. The Kier molecular flexibility index (Phi) is 6.89. The predicted molar refractivity (Wildman–Crippen MR) is 101 cm³/mol. The van der Waals surface area contributed by atoms with Crippen LogP contribution in [0.15, 0.2) is 24.3 Å². The molecule has 0 aromatic heterocycles. The van der Waals surface area contributed by atoms with Crippen LogP contribution in [0.5, 0.6) is 5.75 Å². The Balaban J connectivity index is 1.98. The fraction of sp³-hybridized carbons (Fsp3) is 0.600. The van der Waals surface area contributed by atoms with Crippen molar-refractivity contribution in [1.82, 2.24) is 4.90 Å². The maximum atomic E-state index is 12.7. The third-order valence-corrected chi connectivity index (χ3v) is 4.05. The number of rotatable bonds is 5. The fourth-order valence-corrected chi connectivity index (χ4v) is 2.83. The van der Waals surface area contributed by atoms with Gasteiger partial charge in [-0.2, -0.15) is 0 Å². The third-order valence-electron chi connectivity index (χ3n) is 4.05. The first kappa shape index (κ1) is 20.1. The molecule has 0 spiro atoms. The van der Waals surface area contributed by atoms with Gasteiger partial charge in [-0.1, -0.05) is 19.1 Å². The largest absolute Gasteiger partial charge is 0.491 e. The van der Waals surface area contributed by atoms with E-state index in [1.165, 1.54) is 0 Å². The second-order valence-corrected chi connectivity index (χ2v) is 7.60. The lowest BCUT2D eigenvalue weighted by Crippen LogP contribution is -2.45. The van der Waals surface area contributed by atoms with Crippen LogP contribution in [0.3, 0.4) is 0 Å². The highest BCUT2D eigenvalue weighted by molar-refractivity contribution is 5.94. The second kappa shape index (κ2) is 8.92. The summed E-state index contributed by atoms with van der Waals surface area (Å²) in [5.74, 6) is 0.323. The van der Waals surface area contributed by atoms with Crippen molar-refractivity contribution >= 4 is 17.7 Å². The van der Waals surface area contributed by atoms with Gasteiger partial charge in [0.1, 0.15) is 11.4 Å². The highest BCUT2D eigenvalue weighted by Gasteiger charge is 2.31. The number of nitrogens with zero attached hydrogens (tertiary/aromatic N) is 1. The molecule has 2 amide bonds. The molecule has 0 bridgehead atoms. The Bertz CT molecular complexity index is 624. The Hall–Kier alpha value is -2.24. The maximum Gasteiger partial charge on any atom is 0.410 e. The monoisotopic (exact) mass is 362 g/mol. The van der Waals surface area contributed by atoms with E-state index in [-0.39, 0.29) is 17.9 Å². The molecule has 1 unspecified atom stereocenters. The van der Waals surface area contributed by atoms with Crippen molar-refractivity contribution in [2.45, 2.75) is 52.6 Å². The lowest BCUT2D eigenvalue weighted by Gasteiger charge is -2.33. The number of amides is 2. The molecule has 6 nitrogen and oxygen atoms in total. The molecule has 1 fully saturated rings. The van der Waals surface area contributed by atoms with Crippen LogP contribution >= 0.6 is 0 Å². The summed E-state index contributed by atoms with van der Waals surface area (Å²) in [6.45, 7) is 9.15. The minimum atomic E-state index is -0.540. The van der Waals surface area contributed by atoms with Crippen molar-refractivity contribution in [2.75, 3.05) is 25.0 Å². The molecule has 1 atom stereocenters. The smallest absolute Gasteiger partial charge is 0.410 e. The number of anilines is 1. The summed E-state index contributed by atoms with van der Waals surface area (Å²) in [7, 11) is 0. The molecule has 0 saturated carbocycles. The summed E-state index contributed by atoms with van der Waals surface area (Å²) in [6, 6.07) is 7.42. The number of carbonyl (C=O) groups is 2. The summed E-state index contributed by atoms with van der Waals surface area (Å²) in [6.07, 6.45) is 2.08. The van der Waals surface area contributed by atoms with Gasteiger partial charge in [0.05, 0.1) is 18.2 Å². The number of likely N-dealkylation sites (tertiary alicyclic amines) is 1. The first-order valence-corrected chi connectivity index (χ1v) is 9.30. The average Bonchev–Trinajstić information content (AvgIpc) is 2.59. The Morgan fingerprint density at radius 1 is 1.27 bits per heavy atom. The van der Waals surface area contributed by atoms with Crippen LogP contribution in [0.4, 0.5) is 10.5 Å². The highest BCUT2D eigenvalue weighted by atomic mass is 16.6. The molecule has 26 heavy (non-hydrogen) atoms. The summed E-state index contributed by atoms with van der Waals surface area (Å²) < 4.78 is 11.1. The van der Waals surface area contributed by atoms with Gasteiger partial charge in [-0.05, 0) is 52.2 Å². The number of piperidine rings is 1. The van der Waals surface area contributed by atoms with Gasteiger partial charge in [-0.25, -0.2) is 4.79 Å². The van der Waals surface area contributed by atoms with Crippen molar-refractivity contribution in [3.8, 4) is 5.75 Å². The van der Waals surface area contributed by atoms with Crippen molar-refractivity contribution in [3.05, 3.63) is 24.3 Å². The standard InChI is InChI=1S/C20H30N2O4/c1-5-13-25-17-11-7-6-10-16(17)21-18(23)15-9-8-12-22(14-15)19(24)26-20(2,3)4/h6-7,10-11,15H,5,8-9,12-14H2,1-4H3,(H,21,23). The van der Waals surface area contributed by atoms with Crippen LogP contribution in [0.25, 0.3) is 0 Å². The van der Waals surface area contributed by atoms with E-state index in [0.29, 0.717) is 31.1 Å². The fourth-order valence-electron chi connectivity index (χ4n) is 2.83.